The van der Waals surface area contributed by atoms with Gasteiger partial charge in [-0.2, -0.15) is 0 Å². The number of nitrogens with zero attached hydrogens (tertiary/aromatic N) is 1. The van der Waals surface area contributed by atoms with Gasteiger partial charge in [0.25, 0.3) is 0 Å². The standard InChI is InChI=1S/C36H55NO4/c1-6-23(10-14-33(40)37-17-7-8-24-18-22(2)9-13-30(24)37)27-11-12-28-34-29(21-32(41-5)36(27,28)4)35(3)16-15-26(38)19-25(35)20-31(34)39/h9,13,18,23,25-29,31-32,34,38-39H,6-8,10-12,14-17,19-21H2,1-5H3/t23-,25+,26-,27-,28+,29+,31-,32+,34+,35+,36-/m1/s1. The summed E-state index contributed by atoms with van der Waals surface area (Å²) < 4.78 is 6.43. The van der Waals surface area contributed by atoms with Crippen molar-refractivity contribution in [3.05, 3.63) is 29.3 Å². The van der Waals surface area contributed by atoms with E-state index >= 15 is 0 Å². The van der Waals surface area contributed by atoms with Crippen LogP contribution < -0.4 is 4.90 Å². The van der Waals surface area contributed by atoms with Crippen molar-refractivity contribution in [3.8, 4) is 0 Å². The number of aliphatic hydroxyl groups excluding tert-OH is 2. The molecule has 0 saturated heterocycles. The van der Waals surface area contributed by atoms with E-state index in [1.807, 2.05) is 7.11 Å². The van der Waals surface area contributed by atoms with Gasteiger partial charge in [-0.1, -0.05) is 44.9 Å². The zero-order valence-corrected chi connectivity index (χ0v) is 26.3. The van der Waals surface area contributed by atoms with Crippen LogP contribution in [0.5, 0.6) is 0 Å². The Hall–Kier alpha value is -1.43. The number of aliphatic hydroxyl groups is 2. The maximum atomic E-state index is 13.6. The molecule has 4 saturated carbocycles. The Balaban J connectivity index is 1.20. The molecular formula is C36H55NO4. The van der Waals surface area contributed by atoms with Gasteiger partial charge in [0.05, 0.1) is 18.3 Å². The number of hydrogen-bond acceptors (Lipinski definition) is 4. The van der Waals surface area contributed by atoms with Gasteiger partial charge in [-0.05, 0) is 124 Å². The average Bonchev–Trinajstić information content (AvgIpc) is 3.31. The van der Waals surface area contributed by atoms with Crippen molar-refractivity contribution in [2.24, 2.45) is 46.3 Å². The van der Waals surface area contributed by atoms with E-state index in [4.69, 9.17) is 4.74 Å². The molecule has 0 unspecified atom stereocenters. The van der Waals surface area contributed by atoms with Crippen molar-refractivity contribution in [2.75, 3.05) is 18.6 Å². The summed E-state index contributed by atoms with van der Waals surface area (Å²) in [6.07, 6.45) is 11.4. The molecule has 6 rings (SSSR count). The van der Waals surface area contributed by atoms with Crippen LogP contribution in [0, 0.1) is 53.3 Å². The van der Waals surface area contributed by atoms with E-state index in [-0.39, 0.29) is 35.0 Å². The number of anilines is 1. The molecule has 228 valence electrons. The largest absolute Gasteiger partial charge is 0.393 e. The average molecular weight is 566 g/mol. The number of fused-ring (bicyclic) bond motifs is 6. The summed E-state index contributed by atoms with van der Waals surface area (Å²) in [5.74, 6) is 2.91. The quantitative estimate of drug-likeness (QED) is 0.403. The molecule has 1 heterocycles. The number of carbonyl (C=O) groups excluding carboxylic acids is 1. The van der Waals surface area contributed by atoms with Crippen LogP contribution in [0.1, 0.15) is 103 Å². The van der Waals surface area contributed by atoms with E-state index < -0.39 is 0 Å². The highest BCUT2D eigenvalue weighted by molar-refractivity contribution is 5.94. The Kier molecular flexibility index (Phi) is 8.13. The van der Waals surface area contributed by atoms with Gasteiger partial charge in [-0.25, -0.2) is 0 Å². The number of methoxy groups -OCH3 is 1. The monoisotopic (exact) mass is 565 g/mol. The van der Waals surface area contributed by atoms with Gasteiger partial charge in [0.1, 0.15) is 0 Å². The number of rotatable bonds is 6. The highest BCUT2D eigenvalue weighted by Crippen LogP contribution is 2.69. The maximum Gasteiger partial charge on any atom is 0.226 e. The second-order valence-corrected chi connectivity index (χ2v) is 15.2. The van der Waals surface area contributed by atoms with E-state index in [0.717, 1.165) is 76.4 Å². The molecule has 5 nitrogen and oxygen atoms in total. The normalized spacial score (nSPS) is 42.6. The van der Waals surface area contributed by atoms with Crippen molar-refractivity contribution < 1.29 is 19.7 Å². The first kappa shape index (κ1) is 29.6. The lowest BCUT2D eigenvalue weighted by molar-refractivity contribution is -0.213. The highest BCUT2D eigenvalue weighted by Gasteiger charge is 2.66. The minimum atomic E-state index is -0.284. The minimum absolute atomic E-state index is 0.0211. The molecule has 4 fully saturated rings. The minimum Gasteiger partial charge on any atom is -0.393 e. The van der Waals surface area contributed by atoms with E-state index in [2.05, 4.69) is 50.8 Å². The predicted octanol–water partition coefficient (Wildman–Crippen LogP) is 6.70. The number of hydrogen-bond donors (Lipinski definition) is 2. The van der Waals surface area contributed by atoms with Crippen LogP contribution in [-0.2, 0) is 16.0 Å². The molecule has 1 amide bonds. The van der Waals surface area contributed by atoms with E-state index in [1.54, 1.807) is 0 Å². The summed E-state index contributed by atoms with van der Waals surface area (Å²) in [6.45, 7) is 10.2. The summed E-state index contributed by atoms with van der Waals surface area (Å²) in [5.41, 5.74) is 3.91. The van der Waals surface area contributed by atoms with Gasteiger partial charge in [0.2, 0.25) is 5.91 Å². The van der Waals surface area contributed by atoms with Crippen LogP contribution >= 0.6 is 0 Å². The van der Waals surface area contributed by atoms with E-state index in [9.17, 15) is 15.0 Å². The number of carbonyl (C=O) groups is 1. The molecular weight excluding hydrogens is 510 g/mol. The smallest absolute Gasteiger partial charge is 0.226 e. The zero-order chi connectivity index (χ0) is 29.1. The first-order valence-corrected chi connectivity index (χ1v) is 16.9. The summed E-state index contributed by atoms with van der Waals surface area (Å²) in [4.78, 5) is 15.7. The van der Waals surface area contributed by atoms with Crippen LogP contribution in [0.3, 0.4) is 0 Å². The molecule has 0 aromatic heterocycles. The molecule has 0 radical (unpaired) electrons. The third-order valence-electron chi connectivity index (χ3n) is 13.6. The molecule has 0 spiro atoms. The Morgan fingerprint density at radius 2 is 1.93 bits per heavy atom. The first-order chi connectivity index (χ1) is 19.6. The second kappa shape index (κ2) is 11.2. The summed E-state index contributed by atoms with van der Waals surface area (Å²) >= 11 is 0. The lowest BCUT2D eigenvalue weighted by Crippen LogP contribution is -2.62. The van der Waals surface area contributed by atoms with Crippen LogP contribution in [0.25, 0.3) is 0 Å². The molecule has 11 atom stereocenters. The summed E-state index contributed by atoms with van der Waals surface area (Å²) in [6, 6.07) is 6.54. The molecule has 1 aromatic carbocycles. The number of benzene rings is 1. The van der Waals surface area contributed by atoms with Crippen molar-refractivity contribution >= 4 is 11.6 Å². The van der Waals surface area contributed by atoms with Crippen molar-refractivity contribution in [2.45, 2.75) is 123 Å². The lowest BCUT2D eigenvalue weighted by Gasteiger charge is -2.64. The van der Waals surface area contributed by atoms with Crippen LogP contribution in [0.15, 0.2) is 18.2 Å². The van der Waals surface area contributed by atoms with Crippen molar-refractivity contribution in [1.82, 2.24) is 0 Å². The molecule has 1 aromatic rings. The molecule has 1 aliphatic heterocycles. The Labute approximate surface area is 248 Å². The summed E-state index contributed by atoms with van der Waals surface area (Å²) in [5, 5.41) is 22.1. The maximum absolute atomic E-state index is 13.6. The third kappa shape index (κ3) is 4.81. The van der Waals surface area contributed by atoms with Crippen molar-refractivity contribution in [1.29, 1.82) is 0 Å². The number of ether oxygens (including phenoxy) is 1. The van der Waals surface area contributed by atoms with Crippen molar-refractivity contribution in [3.63, 3.8) is 0 Å². The third-order valence-corrected chi connectivity index (χ3v) is 13.6. The first-order valence-electron chi connectivity index (χ1n) is 16.9. The van der Waals surface area contributed by atoms with Gasteiger partial charge in [-0.15, -0.1) is 0 Å². The molecule has 41 heavy (non-hydrogen) atoms. The predicted molar refractivity (Wildman–Crippen MR) is 164 cm³/mol. The Morgan fingerprint density at radius 3 is 2.68 bits per heavy atom. The fraction of sp³-hybridized carbons (Fsp3) is 0.806. The van der Waals surface area contributed by atoms with Crippen LogP contribution in [-0.4, -0.2) is 48.1 Å². The van der Waals surface area contributed by atoms with E-state index in [1.165, 1.54) is 17.5 Å². The number of aryl methyl sites for hydroxylation is 2. The fourth-order valence-corrected chi connectivity index (χ4v) is 11.4. The van der Waals surface area contributed by atoms with E-state index in [0.29, 0.717) is 41.9 Å². The molecule has 0 bridgehead atoms. The fourth-order valence-electron chi connectivity index (χ4n) is 11.4. The van der Waals surface area contributed by atoms with Gasteiger partial charge in [0.15, 0.2) is 0 Å². The van der Waals surface area contributed by atoms with Gasteiger partial charge < -0.3 is 19.8 Å². The molecule has 5 aliphatic rings. The summed E-state index contributed by atoms with van der Waals surface area (Å²) in [7, 11) is 1.91. The van der Waals surface area contributed by atoms with Gasteiger partial charge in [0, 0.05) is 31.2 Å². The topological polar surface area (TPSA) is 70.0 Å². The molecule has 4 aliphatic carbocycles. The molecule has 2 N–H and O–H groups in total. The Bertz CT molecular complexity index is 1120. The van der Waals surface area contributed by atoms with Crippen LogP contribution in [0.4, 0.5) is 5.69 Å². The lowest BCUT2D eigenvalue weighted by atomic mass is 9.43. The Morgan fingerprint density at radius 1 is 1.12 bits per heavy atom. The highest BCUT2D eigenvalue weighted by atomic mass is 16.5. The van der Waals surface area contributed by atoms with Crippen LogP contribution in [0.2, 0.25) is 0 Å². The van der Waals surface area contributed by atoms with Gasteiger partial charge >= 0.3 is 0 Å². The second-order valence-electron chi connectivity index (χ2n) is 15.2. The number of amides is 1. The van der Waals surface area contributed by atoms with Gasteiger partial charge in [-0.3, -0.25) is 4.79 Å². The zero-order valence-electron chi connectivity index (χ0n) is 26.3. The molecule has 5 heteroatoms. The SMILES string of the molecule is CC[C@H](CCC(=O)N1CCCc2cc(C)ccc21)[C@H]1CC[C@H]2[C@@H]3[C@H](O)C[C@@H]4C[C@H](O)CC[C@]4(C)[C@H]3C[C@H](OC)[C@]12C.